The van der Waals surface area contributed by atoms with Crippen molar-refractivity contribution in [2.45, 2.75) is 32.3 Å². The van der Waals surface area contributed by atoms with E-state index in [0.717, 1.165) is 18.4 Å². The van der Waals surface area contributed by atoms with Gasteiger partial charge in [-0.15, -0.1) is 0 Å². The Bertz CT molecular complexity index is 1370. The Labute approximate surface area is 172 Å². The molecule has 0 radical (unpaired) electrons. The zero-order valence-corrected chi connectivity index (χ0v) is 17.5. The molecule has 3 heterocycles. The van der Waals surface area contributed by atoms with Crippen molar-refractivity contribution in [1.29, 1.82) is 0 Å². The van der Waals surface area contributed by atoms with Crippen LogP contribution in [0.15, 0.2) is 31.8 Å². The van der Waals surface area contributed by atoms with Crippen LogP contribution in [0.3, 0.4) is 0 Å². The van der Waals surface area contributed by atoms with Crippen LogP contribution >= 0.6 is 0 Å². The van der Waals surface area contributed by atoms with E-state index < -0.39 is 0 Å². The molecule has 0 bridgehead atoms. The predicted octanol–water partition coefficient (Wildman–Crippen LogP) is 4.82. The topological polar surface area (TPSA) is 80.3 Å². The van der Waals surface area contributed by atoms with Gasteiger partial charge in [-0.05, 0) is 32.8 Å². The number of rotatable bonds is 3. The van der Waals surface area contributed by atoms with Gasteiger partial charge in [-0.25, -0.2) is 0 Å². The third-order valence-corrected chi connectivity index (χ3v) is 5.69. The molecule has 4 aromatic rings. The third-order valence-electron chi connectivity index (χ3n) is 5.69. The fraction of sp³-hybridized carbons (Fsp3) is 0.348. The van der Waals surface area contributed by atoms with Crippen LogP contribution in [0.4, 0.5) is 0 Å². The van der Waals surface area contributed by atoms with Gasteiger partial charge < -0.3 is 27.8 Å². The second-order valence-electron chi connectivity index (χ2n) is 8.02. The highest BCUT2D eigenvalue weighted by Gasteiger charge is 2.33. The van der Waals surface area contributed by atoms with Gasteiger partial charge in [0, 0.05) is 23.1 Å². The molecule has 2 aromatic heterocycles. The van der Waals surface area contributed by atoms with E-state index in [4.69, 9.17) is 27.8 Å². The van der Waals surface area contributed by atoms with Gasteiger partial charge in [0.05, 0.1) is 21.3 Å². The fourth-order valence-electron chi connectivity index (χ4n) is 4.14. The minimum atomic E-state index is -0.313. The molecule has 30 heavy (non-hydrogen) atoms. The van der Waals surface area contributed by atoms with Gasteiger partial charge in [-0.3, -0.25) is 4.79 Å². The van der Waals surface area contributed by atoms with Gasteiger partial charge in [-0.2, -0.15) is 0 Å². The van der Waals surface area contributed by atoms with Crippen LogP contribution in [-0.2, 0) is 6.42 Å². The standard InChI is InChI=1S/C23H22O7/c1-23(2)7-6-12-20-13(10-16(27-5)21(12)30-23)17-19(24)18-14(26-4)8-11(25-3)9-15(18)28-22(17)29-20/h8-10H,6-7H2,1-5H3. The average Bonchev–Trinajstić information content (AvgIpc) is 3.09. The molecule has 7 heteroatoms. The van der Waals surface area contributed by atoms with Crippen molar-refractivity contribution < 1.29 is 27.8 Å². The Kier molecular flexibility index (Phi) is 3.93. The summed E-state index contributed by atoms with van der Waals surface area (Å²) in [5.74, 6) is 2.26. The van der Waals surface area contributed by atoms with E-state index in [1.54, 1.807) is 32.4 Å². The molecular weight excluding hydrogens is 388 g/mol. The lowest BCUT2D eigenvalue weighted by molar-refractivity contribution is 0.0807. The lowest BCUT2D eigenvalue weighted by atomic mass is 9.92. The predicted molar refractivity (Wildman–Crippen MR) is 112 cm³/mol. The summed E-state index contributed by atoms with van der Waals surface area (Å²) in [5.41, 5.74) is 1.25. The van der Waals surface area contributed by atoms with Crippen LogP contribution < -0.4 is 24.4 Å². The molecule has 0 aliphatic carbocycles. The van der Waals surface area contributed by atoms with Gasteiger partial charge in [0.25, 0.3) is 0 Å². The van der Waals surface area contributed by atoms with Crippen molar-refractivity contribution in [1.82, 2.24) is 0 Å². The van der Waals surface area contributed by atoms with E-state index in [9.17, 15) is 4.79 Å². The molecule has 0 saturated carbocycles. The van der Waals surface area contributed by atoms with Crippen molar-refractivity contribution in [3.8, 4) is 23.0 Å². The molecule has 2 aromatic carbocycles. The zero-order valence-electron chi connectivity index (χ0n) is 17.5. The Morgan fingerprint density at radius 2 is 1.70 bits per heavy atom. The summed E-state index contributed by atoms with van der Waals surface area (Å²) in [7, 11) is 4.63. The lowest BCUT2D eigenvalue weighted by Crippen LogP contribution is -2.32. The van der Waals surface area contributed by atoms with E-state index >= 15 is 0 Å². The Balaban J connectivity index is 1.92. The highest BCUT2D eigenvalue weighted by Crippen LogP contribution is 2.47. The molecule has 7 nitrogen and oxygen atoms in total. The number of hydrogen-bond donors (Lipinski definition) is 0. The van der Waals surface area contributed by atoms with Gasteiger partial charge in [0.2, 0.25) is 5.43 Å². The second kappa shape index (κ2) is 6.32. The van der Waals surface area contributed by atoms with Gasteiger partial charge in [0.1, 0.15) is 39.0 Å². The largest absolute Gasteiger partial charge is 0.496 e. The summed E-state index contributed by atoms with van der Waals surface area (Å²) in [5, 5.41) is 1.33. The minimum Gasteiger partial charge on any atom is -0.496 e. The molecule has 0 amide bonds. The zero-order chi connectivity index (χ0) is 21.2. The maximum atomic E-state index is 13.5. The number of fused-ring (bicyclic) bond motifs is 6. The molecule has 1 aliphatic rings. The summed E-state index contributed by atoms with van der Waals surface area (Å²) in [6, 6.07) is 5.08. The van der Waals surface area contributed by atoms with Crippen molar-refractivity contribution >= 4 is 33.1 Å². The van der Waals surface area contributed by atoms with Crippen molar-refractivity contribution in [2.24, 2.45) is 0 Å². The maximum absolute atomic E-state index is 13.5. The fourth-order valence-corrected chi connectivity index (χ4v) is 4.14. The first-order valence-corrected chi connectivity index (χ1v) is 9.71. The first-order chi connectivity index (χ1) is 14.4. The van der Waals surface area contributed by atoms with E-state index in [-0.39, 0.29) is 16.8 Å². The second-order valence-corrected chi connectivity index (χ2v) is 8.02. The minimum absolute atomic E-state index is 0.151. The van der Waals surface area contributed by atoms with Crippen molar-refractivity contribution in [3.63, 3.8) is 0 Å². The van der Waals surface area contributed by atoms with Crippen molar-refractivity contribution in [2.75, 3.05) is 21.3 Å². The van der Waals surface area contributed by atoms with E-state index in [2.05, 4.69) is 0 Å². The highest BCUT2D eigenvalue weighted by molar-refractivity contribution is 6.09. The summed E-state index contributed by atoms with van der Waals surface area (Å²) in [6.07, 6.45) is 1.55. The molecule has 156 valence electrons. The molecule has 5 rings (SSSR count). The van der Waals surface area contributed by atoms with E-state index in [1.807, 2.05) is 13.8 Å². The van der Waals surface area contributed by atoms with E-state index in [1.165, 1.54) is 7.11 Å². The molecule has 0 unspecified atom stereocenters. The number of methoxy groups -OCH3 is 3. The number of hydrogen-bond acceptors (Lipinski definition) is 7. The quantitative estimate of drug-likeness (QED) is 0.479. The van der Waals surface area contributed by atoms with Gasteiger partial charge >= 0.3 is 5.78 Å². The van der Waals surface area contributed by atoms with Crippen LogP contribution in [0.2, 0.25) is 0 Å². The SMILES string of the molecule is COc1cc(OC)c2c(=O)c3c(oc2c1)oc1c2c(c(OC)cc13)OC(C)(C)CC2. The number of furan rings is 1. The van der Waals surface area contributed by atoms with Gasteiger partial charge in [-0.1, -0.05) is 0 Å². The summed E-state index contributed by atoms with van der Waals surface area (Å²) in [6.45, 7) is 4.07. The average molecular weight is 410 g/mol. The third kappa shape index (κ3) is 2.54. The number of ether oxygens (including phenoxy) is 4. The van der Waals surface area contributed by atoms with Crippen LogP contribution in [0.5, 0.6) is 23.0 Å². The van der Waals surface area contributed by atoms with Crippen molar-refractivity contribution in [3.05, 3.63) is 34.0 Å². The number of aryl methyl sites for hydroxylation is 1. The Morgan fingerprint density at radius 1 is 0.933 bits per heavy atom. The smallest absolute Gasteiger partial charge is 0.302 e. The molecular formula is C23H22O7. The molecule has 0 spiro atoms. The summed E-state index contributed by atoms with van der Waals surface area (Å²) < 4.78 is 34.6. The molecule has 0 atom stereocenters. The van der Waals surface area contributed by atoms with Crippen LogP contribution in [0.25, 0.3) is 33.1 Å². The van der Waals surface area contributed by atoms with Gasteiger partial charge in [0.15, 0.2) is 11.5 Å². The Hall–Kier alpha value is -3.35. The highest BCUT2D eigenvalue weighted by atomic mass is 16.5. The molecule has 0 N–H and O–H groups in total. The van der Waals surface area contributed by atoms with Crippen LogP contribution in [0, 0.1) is 0 Å². The lowest BCUT2D eigenvalue weighted by Gasteiger charge is -2.33. The summed E-state index contributed by atoms with van der Waals surface area (Å²) in [4.78, 5) is 13.5. The first-order valence-electron chi connectivity index (χ1n) is 9.71. The molecule has 0 saturated heterocycles. The molecule has 0 fully saturated rings. The summed E-state index contributed by atoms with van der Waals surface area (Å²) >= 11 is 0. The first kappa shape index (κ1) is 18.7. The normalized spacial score (nSPS) is 15.2. The monoisotopic (exact) mass is 410 g/mol. The number of benzene rings is 2. The maximum Gasteiger partial charge on any atom is 0.302 e. The molecule has 1 aliphatic heterocycles. The van der Waals surface area contributed by atoms with Crippen LogP contribution in [-0.4, -0.2) is 26.9 Å². The Morgan fingerprint density at radius 3 is 2.40 bits per heavy atom. The van der Waals surface area contributed by atoms with Crippen LogP contribution in [0.1, 0.15) is 25.8 Å². The van der Waals surface area contributed by atoms with E-state index in [0.29, 0.717) is 50.3 Å².